The van der Waals surface area contributed by atoms with Crippen LogP contribution in [0.2, 0.25) is 10.0 Å². The van der Waals surface area contributed by atoms with E-state index in [1.165, 1.54) is 0 Å². The van der Waals surface area contributed by atoms with Crippen molar-refractivity contribution in [3.8, 4) is 5.75 Å². The molecule has 0 aromatic heterocycles. The number of hydrogen-bond acceptors (Lipinski definition) is 2. The molecule has 0 spiro atoms. The van der Waals surface area contributed by atoms with Gasteiger partial charge in [-0.05, 0) is 12.1 Å². The summed E-state index contributed by atoms with van der Waals surface area (Å²) in [6.07, 6.45) is 1.18. The van der Waals surface area contributed by atoms with Gasteiger partial charge in [0.2, 0.25) is 0 Å². The molecule has 0 aliphatic carbocycles. The maximum atomic E-state index is 9.99. The van der Waals surface area contributed by atoms with Gasteiger partial charge in [-0.2, -0.15) is 0 Å². The molecule has 0 aliphatic heterocycles. The summed E-state index contributed by atoms with van der Waals surface area (Å²) in [5.41, 5.74) is 0. The van der Waals surface area contributed by atoms with Gasteiger partial charge in [0, 0.05) is 12.5 Å². The maximum absolute atomic E-state index is 9.99. The zero-order valence-corrected chi connectivity index (χ0v) is 8.31. The molecule has 1 rings (SSSR count). The van der Waals surface area contributed by atoms with Crippen LogP contribution in [0.5, 0.6) is 5.75 Å². The van der Waals surface area contributed by atoms with Gasteiger partial charge in [-0.25, -0.2) is 0 Å². The lowest BCUT2D eigenvalue weighted by Crippen LogP contribution is -1.97. The highest BCUT2D eigenvalue weighted by atomic mass is 35.5. The molecule has 70 valence electrons. The van der Waals surface area contributed by atoms with E-state index in [4.69, 9.17) is 27.9 Å². The predicted molar refractivity (Wildman–Crippen MR) is 52.6 cm³/mol. The molecule has 0 fully saturated rings. The summed E-state index contributed by atoms with van der Waals surface area (Å²) in [7, 11) is 0. The van der Waals surface area contributed by atoms with Crippen LogP contribution in [0.1, 0.15) is 6.42 Å². The van der Waals surface area contributed by atoms with Crippen LogP contribution >= 0.6 is 23.2 Å². The summed E-state index contributed by atoms with van der Waals surface area (Å²) in [4.78, 5) is 9.99. The normalized spacial score (nSPS) is 9.69. The second-order valence-corrected chi connectivity index (χ2v) is 3.19. The van der Waals surface area contributed by atoms with Crippen molar-refractivity contribution in [1.29, 1.82) is 0 Å². The Morgan fingerprint density at radius 3 is 2.69 bits per heavy atom. The third kappa shape index (κ3) is 3.25. The quantitative estimate of drug-likeness (QED) is 0.574. The summed E-state index contributed by atoms with van der Waals surface area (Å²) in [6.45, 7) is 0.363. The van der Waals surface area contributed by atoms with Crippen LogP contribution < -0.4 is 4.74 Å². The molecule has 0 aliphatic rings. The number of aldehydes is 1. The van der Waals surface area contributed by atoms with E-state index in [0.717, 1.165) is 6.29 Å². The molecule has 1 aromatic carbocycles. The summed E-state index contributed by atoms with van der Waals surface area (Å²) < 4.78 is 5.21. The number of benzene rings is 1. The van der Waals surface area contributed by atoms with E-state index in [1.54, 1.807) is 18.2 Å². The molecule has 4 heteroatoms. The van der Waals surface area contributed by atoms with Gasteiger partial charge in [0.15, 0.2) is 0 Å². The van der Waals surface area contributed by atoms with E-state index < -0.39 is 0 Å². The van der Waals surface area contributed by atoms with E-state index >= 15 is 0 Å². The van der Waals surface area contributed by atoms with Crippen molar-refractivity contribution in [2.75, 3.05) is 6.61 Å². The third-order valence-corrected chi connectivity index (χ3v) is 2.13. The number of rotatable bonds is 4. The Bertz CT molecular complexity index is 300. The van der Waals surface area contributed by atoms with Crippen molar-refractivity contribution in [3.63, 3.8) is 0 Å². The zero-order chi connectivity index (χ0) is 9.68. The first-order chi connectivity index (χ1) is 6.24. The van der Waals surface area contributed by atoms with Crippen LogP contribution in [0.15, 0.2) is 18.2 Å². The Kier molecular flexibility index (Phi) is 4.06. The van der Waals surface area contributed by atoms with E-state index in [9.17, 15) is 4.79 Å². The maximum Gasteiger partial charge on any atom is 0.123 e. The molecule has 0 heterocycles. The zero-order valence-electron chi connectivity index (χ0n) is 6.80. The highest BCUT2D eigenvalue weighted by Crippen LogP contribution is 2.26. The van der Waals surface area contributed by atoms with Crippen molar-refractivity contribution in [3.05, 3.63) is 28.2 Å². The Morgan fingerprint density at radius 2 is 2.08 bits per heavy atom. The minimum absolute atomic E-state index is 0.363. The number of ether oxygens (including phenoxy) is 1. The van der Waals surface area contributed by atoms with Crippen molar-refractivity contribution < 1.29 is 9.53 Å². The van der Waals surface area contributed by atoms with Crippen molar-refractivity contribution in [2.24, 2.45) is 0 Å². The highest BCUT2D eigenvalue weighted by Gasteiger charge is 1.99. The molecular formula is C9H8Cl2O2. The second-order valence-electron chi connectivity index (χ2n) is 2.38. The fourth-order valence-corrected chi connectivity index (χ4v) is 1.08. The molecule has 0 saturated carbocycles. The lowest BCUT2D eigenvalue weighted by molar-refractivity contribution is -0.108. The van der Waals surface area contributed by atoms with Crippen LogP contribution in [0, 0.1) is 0 Å². The van der Waals surface area contributed by atoms with E-state index in [2.05, 4.69) is 0 Å². The lowest BCUT2D eigenvalue weighted by atomic mass is 10.3. The van der Waals surface area contributed by atoms with E-state index in [-0.39, 0.29) is 0 Å². The minimum Gasteiger partial charge on any atom is -0.493 e. The monoisotopic (exact) mass is 218 g/mol. The number of halogens is 2. The first-order valence-electron chi connectivity index (χ1n) is 3.75. The summed E-state index contributed by atoms with van der Waals surface area (Å²) in [5, 5.41) is 0.940. The SMILES string of the molecule is O=CCCOc1ccc(Cl)c(Cl)c1. The third-order valence-electron chi connectivity index (χ3n) is 1.40. The average molecular weight is 219 g/mol. The number of carbonyl (C=O) groups is 1. The van der Waals surface area contributed by atoms with Crippen LogP contribution in [-0.4, -0.2) is 12.9 Å². The summed E-state index contributed by atoms with van der Waals surface area (Å²) in [6, 6.07) is 4.98. The molecule has 0 bridgehead atoms. The Balaban J connectivity index is 2.57. The van der Waals surface area contributed by atoms with Gasteiger partial charge in [0.25, 0.3) is 0 Å². The fourth-order valence-electron chi connectivity index (χ4n) is 0.792. The minimum atomic E-state index is 0.363. The second kappa shape index (κ2) is 5.10. The topological polar surface area (TPSA) is 26.3 Å². The van der Waals surface area contributed by atoms with Gasteiger partial charge < -0.3 is 9.53 Å². The van der Waals surface area contributed by atoms with Crippen molar-refractivity contribution in [1.82, 2.24) is 0 Å². The van der Waals surface area contributed by atoms with Gasteiger partial charge in [0.05, 0.1) is 16.7 Å². The standard InChI is InChI=1S/C9H8Cl2O2/c10-8-3-2-7(6-9(8)11)13-5-1-4-12/h2-4,6H,1,5H2. The highest BCUT2D eigenvalue weighted by molar-refractivity contribution is 6.42. The predicted octanol–water partition coefficient (Wildman–Crippen LogP) is 2.96. The van der Waals surface area contributed by atoms with Crippen LogP contribution in [-0.2, 0) is 4.79 Å². The van der Waals surface area contributed by atoms with Gasteiger partial charge in [-0.1, -0.05) is 23.2 Å². The molecule has 1 aromatic rings. The smallest absolute Gasteiger partial charge is 0.123 e. The van der Waals surface area contributed by atoms with Gasteiger partial charge >= 0.3 is 0 Å². The lowest BCUT2D eigenvalue weighted by Gasteiger charge is -2.04. The summed E-state index contributed by atoms with van der Waals surface area (Å²) in [5.74, 6) is 0.622. The fraction of sp³-hybridized carbons (Fsp3) is 0.222. The van der Waals surface area contributed by atoms with Crippen LogP contribution in [0.25, 0.3) is 0 Å². The van der Waals surface area contributed by atoms with E-state index in [1.807, 2.05) is 0 Å². The van der Waals surface area contributed by atoms with Crippen molar-refractivity contribution >= 4 is 29.5 Å². The van der Waals surface area contributed by atoms with Crippen LogP contribution in [0.4, 0.5) is 0 Å². The average Bonchev–Trinajstić information content (AvgIpc) is 2.12. The Morgan fingerprint density at radius 1 is 1.31 bits per heavy atom. The molecule has 0 radical (unpaired) electrons. The summed E-state index contributed by atoms with van der Waals surface area (Å²) >= 11 is 11.4. The van der Waals surface area contributed by atoms with Gasteiger partial charge in [-0.3, -0.25) is 0 Å². The molecule has 0 atom stereocenters. The number of carbonyl (C=O) groups excluding carboxylic acids is 1. The largest absolute Gasteiger partial charge is 0.493 e. The molecule has 13 heavy (non-hydrogen) atoms. The molecule has 0 saturated heterocycles. The molecule has 0 unspecified atom stereocenters. The molecule has 2 nitrogen and oxygen atoms in total. The number of hydrogen-bond donors (Lipinski definition) is 0. The van der Waals surface area contributed by atoms with E-state index in [0.29, 0.717) is 28.8 Å². The van der Waals surface area contributed by atoms with Crippen molar-refractivity contribution in [2.45, 2.75) is 6.42 Å². The van der Waals surface area contributed by atoms with Gasteiger partial charge in [0.1, 0.15) is 12.0 Å². The first kappa shape index (κ1) is 10.4. The van der Waals surface area contributed by atoms with Crippen LogP contribution in [0.3, 0.4) is 0 Å². The first-order valence-corrected chi connectivity index (χ1v) is 4.51. The van der Waals surface area contributed by atoms with Gasteiger partial charge in [-0.15, -0.1) is 0 Å². The Hall–Kier alpha value is -0.730. The molecule has 0 N–H and O–H groups in total. The molecular weight excluding hydrogens is 211 g/mol. The molecule has 0 amide bonds. The Labute approximate surface area is 86.4 Å².